The number of hydrogen-bond acceptors (Lipinski definition) is 6. The molecule has 156 valence electrons. The van der Waals surface area contributed by atoms with Crippen molar-refractivity contribution in [3.05, 3.63) is 82.8 Å². The molecule has 1 aliphatic rings. The van der Waals surface area contributed by atoms with Crippen LogP contribution in [-0.2, 0) is 4.79 Å². The van der Waals surface area contributed by atoms with Gasteiger partial charge in [0.2, 0.25) is 5.91 Å². The van der Waals surface area contributed by atoms with E-state index < -0.39 is 0 Å². The first-order valence-electron chi connectivity index (χ1n) is 10.2. The predicted molar refractivity (Wildman–Crippen MR) is 123 cm³/mol. The summed E-state index contributed by atoms with van der Waals surface area (Å²) in [5.74, 6) is 1.10. The van der Waals surface area contributed by atoms with Gasteiger partial charge in [0.15, 0.2) is 11.0 Å². The monoisotopic (exact) mass is 447 g/mol. The maximum atomic E-state index is 12.9. The fourth-order valence-corrected chi connectivity index (χ4v) is 5.11. The van der Waals surface area contributed by atoms with E-state index in [1.54, 1.807) is 23.7 Å². The molecule has 0 aliphatic heterocycles. The molecule has 1 N–H and O–H groups in total. The number of pyridine rings is 1. The van der Waals surface area contributed by atoms with Crippen LogP contribution in [0.1, 0.15) is 35.4 Å². The summed E-state index contributed by atoms with van der Waals surface area (Å²) in [5.41, 5.74) is 2.07. The van der Waals surface area contributed by atoms with Crippen molar-refractivity contribution < 1.29 is 4.79 Å². The summed E-state index contributed by atoms with van der Waals surface area (Å²) in [6, 6.07) is 18.3. The van der Waals surface area contributed by atoms with E-state index in [1.807, 2.05) is 53.9 Å². The van der Waals surface area contributed by atoms with Crippen molar-refractivity contribution in [1.29, 1.82) is 0 Å². The number of nitrogens with zero attached hydrogens (tertiary/aromatic N) is 4. The Morgan fingerprint density at radius 3 is 2.61 bits per heavy atom. The second-order valence-corrected chi connectivity index (χ2v) is 9.28. The van der Waals surface area contributed by atoms with E-state index in [0.29, 0.717) is 6.04 Å². The minimum Gasteiger partial charge on any atom is -0.344 e. The quantitative estimate of drug-likeness (QED) is 0.395. The molecule has 0 unspecified atom stereocenters. The number of benzene rings is 1. The van der Waals surface area contributed by atoms with Crippen molar-refractivity contribution in [3.8, 4) is 11.4 Å². The Morgan fingerprint density at radius 2 is 1.90 bits per heavy atom. The molecule has 1 fully saturated rings. The highest BCUT2D eigenvalue weighted by atomic mass is 32.2. The van der Waals surface area contributed by atoms with Crippen LogP contribution in [0.4, 0.5) is 0 Å². The van der Waals surface area contributed by atoms with Crippen LogP contribution in [0.15, 0.2) is 77.5 Å². The topological polar surface area (TPSA) is 72.7 Å². The van der Waals surface area contributed by atoms with E-state index in [1.165, 1.54) is 11.8 Å². The average Bonchev–Trinajstić information content (AvgIpc) is 3.33. The molecule has 0 bridgehead atoms. The molecule has 0 radical (unpaired) electrons. The van der Waals surface area contributed by atoms with Crippen molar-refractivity contribution in [3.63, 3.8) is 0 Å². The maximum Gasteiger partial charge on any atom is 0.231 e. The molecular formula is C23H21N5OS2. The number of carbonyl (C=O) groups is 1. The van der Waals surface area contributed by atoms with Gasteiger partial charge in [0, 0.05) is 28.9 Å². The van der Waals surface area contributed by atoms with E-state index in [4.69, 9.17) is 0 Å². The second kappa shape index (κ2) is 9.03. The summed E-state index contributed by atoms with van der Waals surface area (Å²) >= 11 is 3.08. The molecule has 1 aliphatic carbocycles. The molecule has 1 saturated carbocycles. The SMILES string of the molecule is O=C(CSc1nnc(-c2ccncc2)n1C1CC1)N[C@@H](c1ccccc1)c1cccs1. The van der Waals surface area contributed by atoms with Crippen LogP contribution in [0.3, 0.4) is 0 Å². The number of amides is 1. The third kappa shape index (κ3) is 4.55. The molecule has 6 nitrogen and oxygen atoms in total. The lowest BCUT2D eigenvalue weighted by atomic mass is 10.1. The first kappa shape index (κ1) is 20.0. The molecule has 5 rings (SSSR count). The molecule has 8 heteroatoms. The number of hydrogen-bond donors (Lipinski definition) is 1. The minimum absolute atomic E-state index is 0.0249. The summed E-state index contributed by atoms with van der Waals surface area (Å²) in [5, 5.41) is 14.8. The van der Waals surface area contributed by atoms with Gasteiger partial charge in [-0.3, -0.25) is 14.3 Å². The first-order valence-corrected chi connectivity index (χ1v) is 12.0. The number of rotatable bonds is 8. The smallest absolute Gasteiger partial charge is 0.231 e. The van der Waals surface area contributed by atoms with Crippen LogP contribution in [0.5, 0.6) is 0 Å². The molecule has 0 saturated heterocycles. The zero-order chi connectivity index (χ0) is 21.0. The van der Waals surface area contributed by atoms with Gasteiger partial charge in [-0.25, -0.2) is 0 Å². The maximum absolute atomic E-state index is 12.9. The molecule has 1 atom stereocenters. The third-order valence-electron chi connectivity index (χ3n) is 5.11. The lowest BCUT2D eigenvalue weighted by Gasteiger charge is -2.18. The third-order valence-corrected chi connectivity index (χ3v) is 6.99. The van der Waals surface area contributed by atoms with Gasteiger partial charge in [-0.1, -0.05) is 48.2 Å². The van der Waals surface area contributed by atoms with Gasteiger partial charge in [-0.2, -0.15) is 0 Å². The van der Waals surface area contributed by atoms with Crippen molar-refractivity contribution in [1.82, 2.24) is 25.1 Å². The lowest BCUT2D eigenvalue weighted by molar-refractivity contribution is -0.119. The highest BCUT2D eigenvalue weighted by molar-refractivity contribution is 7.99. The first-order chi connectivity index (χ1) is 15.3. The van der Waals surface area contributed by atoms with Crippen molar-refractivity contribution >= 4 is 29.0 Å². The van der Waals surface area contributed by atoms with E-state index >= 15 is 0 Å². The molecule has 1 aromatic carbocycles. The number of thioether (sulfide) groups is 1. The van der Waals surface area contributed by atoms with E-state index in [0.717, 1.165) is 39.8 Å². The van der Waals surface area contributed by atoms with E-state index in [9.17, 15) is 4.79 Å². The number of thiophene rings is 1. The van der Waals surface area contributed by atoms with Crippen molar-refractivity contribution in [2.75, 3.05) is 5.75 Å². The lowest BCUT2D eigenvalue weighted by Crippen LogP contribution is -2.30. The van der Waals surface area contributed by atoms with Crippen LogP contribution in [0.2, 0.25) is 0 Å². The highest BCUT2D eigenvalue weighted by Gasteiger charge is 2.30. The minimum atomic E-state index is -0.150. The Hall–Kier alpha value is -2.97. The Labute approximate surface area is 188 Å². The van der Waals surface area contributed by atoms with Gasteiger partial charge < -0.3 is 5.32 Å². The van der Waals surface area contributed by atoms with Gasteiger partial charge in [0.05, 0.1) is 11.8 Å². The van der Waals surface area contributed by atoms with Crippen LogP contribution < -0.4 is 5.32 Å². The molecule has 0 spiro atoms. The van der Waals surface area contributed by atoms with Gasteiger partial charge >= 0.3 is 0 Å². The van der Waals surface area contributed by atoms with Gasteiger partial charge in [-0.05, 0) is 42.0 Å². The Kier molecular flexibility index (Phi) is 5.82. The van der Waals surface area contributed by atoms with E-state index in [2.05, 4.69) is 31.1 Å². The molecule has 4 aromatic rings. The Balaban J connectivity index is 1.31. The Bertz CT molecular complexity index is 1140. The summed E-state index contributed by atoms with van der Waals surface area (Å²) in [7, 11) is 0. The zero-order valence-electron chi connectivity index (χ0n) is 16.7. The number of nitrogens with one attached hydrogen (secondary N) is 1. The predicted octanol–water partition coefficient (Wildman–Crippen LogP) is 4.73. The van der Waals surface area contributed by atoms with Crippen LogP contribution >= 0.6 is 23.1 Å². The van der Waals surface area contributed by atoms with Gasteiger partial charge in [-0.15, -0.1) is 21.5 Å². The molecule has 31 heavy (non-hydrogen) atoms. The fourth-order valence-electron chi connectivity index (χ4n) is 3.49. The summed E-state index contributed by atoms with van der Waals surface area (Å²) < 4.78 is 2.17. The molecule has 3 aromatic heterocycles. The summed E-state index contributed by atoms with van der Waals surface area (Å²) in [4.78, 5) is 18.1. The number of aromatic nitrogens is 4. The zero-order valence-corrected chi connectivity index (χ0v) is 18.4. The van der Waals surface area contributed by atoms with Crippen LogP contribution in [-0.4, -0.2) is 31.4 Å². The van der Waals surface area contributed by atoms with Crippen LogP contribution in [0.25, 0.3) is 11.4 Å². The second-order valence-electron chi connectivity index (χ2n) is 7.36. The van der Waals surface area contributed by atoms with Crippen LogP contribution in [0, 0.1) is 0 Å². The van der Waals surface area contributed by atoms with Crippen molar-refractivity contribution in [2.24, 2.45) is 0 Å². The number of carbonyl (C=O) groups excluding carboxylic acids is 1. The highest BCUT2D eigenvalue weighted by Crippen LogP contribution is 2.41. The standard InChI is InChI=1S/C23H21N5OS2/c29-20(25-21(19-7-4-14-30-19)16-5-2-1-3-6-16)15-31-23-27-26-22(28(23)18-8-9-18)17-10-12-24-13-11-17/h1-7,10-14,18,21H,8-9,15H2,(H,25,29)/t21-/m0/s1. The summed E-state index contributed by atoms with van der Waals surface area (Å²) in [6.45, 7) is 0. The van der Waals surface area contributed by atoms with Gasteiger partial charge in [0.25, 0.3) is 0 Å². The van der Waals surface area contributed by atoms with E-state index in [-0.39, 0.29) is 17.7 Å². The normalized spacial score (nSPS) is 14.3. The molecule has 3 heterocycles. The largest absolute Gasteiger partial charge is 0.344 e. The van der Waals surface area contributed by atoms with Gasteiger partial charge in [0.1, 0.15) is 0 Å². The molecule has 1 amide bonds. The summed E-state index contributed by atoms with van der Waals surface area (Å²) in [6.07, 6.45) is 5.75. The average molecular weight is 448 g/mol. The molecular weight excluding hydrogens is 426 g/mol. The fraction of sp³-hybridized carbons (Fsp3) is 0.217. The Morgan fingerprint density at radius 1 is 1.10 bits per heavy atom. The van der Waals surface area contributed by atoms with Crippen molar-refractivity contribution in [2.45, 2.75) is 30.1 Å².